The molecule has 0 aliphatic heterocycles. The van der Waals surface area contributed by atoms with Gasteiger partial charge in [0.05, 0.1) is 0 Å². The van der Waals surface area contributed by atoms with Gasteiger partial charge < -0.3 is 0 Å². The highest BCUT2D eigenvalue weighted by Crippen LogP contribution is 2.16. The van der Waals surface area contributed by atoms with E-state index in [2.05, 4.69) is 12.1 Å². The van der Waals surface area contributed by atoms with Gasteiger partial charge in [0.1, 0.15) is 0 Å². The van der Waals surface area contributed by atoms with Gasteiger partial charge in [-0.25, -0.2) is 0 Å². The Balaban J connectivity index is 1.81. The number of benzene rings is 3. The van der Waals surface area contributed by atoms with Crippen LogP contribution in [0.1, 0.15) is 31.8 Å². The lowest BCUT2D eigenvalue weighted by molar-refractivity contribution is 0.0816. The zero-order chi connectivity index (χ0) is 16.8. The minimum atomic E-state index is -0.456. The molecule has 0 aromatic heterocycles. The molecule has 0 unspecified atom stereocenters. The molecule has 0 aliphatic carbocycles. The highest BCUT2D eigenvalue weighted by atomic mass is 16.2. The zero-order valence-corrected chi connectivity index (χ0v) is 13.3. The number of rotatable bonds is 6. The largest absolute Gasteiger partial charge is 0.285 e. The van der Waals surface area contributed by atoms with Crippen molar-refractivity contribution < 1.29 is 9.59 Å². The standard InChI is InChI=1S/C22H18O2/c23-21(19-12-5-2-6-13-19)22(24)20-14-8-7-11-18(20)16-15-17-9-3-1-4-10-17/h1-14H,15-16H2. The summed E-state index contributed by atoms with van der Waals surface area (Å²) in [6.45, 7) is 0. The predicted octanol–water partition coefficient (Wildman–Crippen LogP) is 4.54. The SMILES string of the molecule is O=C(C(=O)c1ccccc1CCc1ccccc1)c1ccccc1. The van der Waals surface area contributed by atoms with Crippen LogP contribution in [-0.2, 0) is 12.8 Å². The molecule has 0 spiro atoms. The summed E-state index contributed by atoms with van der Waals surface area (Å²) in [5.41, 5.74) is 3.06. The summed E-state index contributed by atoms with van der Waals surface area (Å²) in [7, 11) is 0. The Bertz CT molecular complexity index is 836. The van der Waals surface area contributed by atoms with Crippen molar-refractivity contribution in [3.8, 4) is 0 Å². The second-order valence-electron chi connectivity index (χ2n) is 5.67. The van der Waals surface area contributed by atoms with Gasteiger partial charge in [-0.2, -0.15) is 0 Å². The van der Waals surface area contributed by atoms with E-state index in [0.29, 0.717) is 11.1 Å². The third kappa shape index (κ3) is 3.66. The minimum absolute atomic E-state index is 0.431. The number of aryl methyl sites for hydroxylation is 2. The first-order chi connectivity index (χ1) is 11.8. The van der Waals surface area contributed by atoms with Crippen LogP contribution >= 0.6 is 0 Å². The molecule has 0 aliphatic rings. The molecule has 0 bridgehead atoms. The summed E-state index contributed by atoms with van der Waals surface area (Å²) >= 11 is 0. The van der Waals surface area contributed by atoms with Crippen LogP contribution in [0.5, 0.6) is 0 Å². The van der Waals surface area contributed by atoms with Crippen LogP contribution in [0.4, 0.5) is 0 Å². The fourth-order valence-electron chi connectivity index (χ4n) is 2.73. The van der Waals surface area contributed by atoms with Gasteiger partial charge in [0, 0.05) is 11.1 Å². The number of carbonyl (C=O) groups is 2. The molecule has 3 rings (SSSR count). The average Bonchev–Trinajstić information content (AvgIpc) is 2.67. The summed E-state index contributed by atoms with van der Waals surface area (Å²) in [5, 5.41) is 0. The Hall–Kier alpha value is -3.00. The first-order valence-electron chi connectivity index (χ1n) is 8.01. The quantitative estimate of drug-likeness (QED) is 0.494. The number of hydrogen-bond donors (Lipinski definition) is 0. The molecule has 2 nitrogen and oxygen atoms in total. The maximum atomic E-state index is 12.6. The van der Waals surface area contributed by atoms with E-state index in [0.717, 1.165) is 18.4 Å². The third-order valence-corrected chi connectivity index (χ3v) is 4.03. The lowest BCUT2D eigenvalue weighted by atomic mass is 9.94. The van der Waals surface area contributed by atoms with E-state index in [9.17, 15) is 9.59 Å². The summed E-state index contributed by atoms with van der Waals surface area (Å²) < 4.78 is 0. The highest BCUT2D eigenvalue weighted by Gasteiger charge is 2.20. The normalized spacial score (nSPS) is 10.3. The van der Waals surface area contributed by atoms with Gasteiger partial charge in [0.15, 0.2) is 0 Å². The van der Waals surface area contributed by atoms with Crippen molar-refractivity contribution in [3.05, 3.63) is 107 Å². The average molecular weight is 314 g/mol. The number of carbonyl (C=O) groups excluding carboxylic acids is 2. The Kier molecular flexibility index (Phi) is 4.97. The number of Topliss-reactive ketones (excluding diaryl/α,β-unsaturated/α-hetero) is 2. The van der Waals surface area contributed by atoms with Crippen molar-refractivity contribution in [1.82, 2.24) is 0 Å². The predicted molar refractivity (Wildman–Crippen MR) is 95.4 cm³/mol. The lowest BCUT2D eigenvalue weighted by Crippen LogP contribution is -2.16. The Morgan fingerprint density at radius 1 is 0.583 bits per heavy atom. The second-order valence-corrected chi connectivity index (χ2v) is 5.67. The molecule has 0 heterocycles. The van der Waals surface area contributed by atoms with E-state index in [1.54, 1.807) is 36.4 Å². The van der Waals surface area contributed by atoms with E-state index >= 15 is 0 Å². The summed E-state index contributed by atoms with van der Waals surface area (Å²) in [6.07, 6.45) is 1.57. The second kappa shape index (κ2) is 7.51. The van der Waals surface area contributed by atoms with Crippen molar-refractivity contribution in [2.45, 2.75) is 12.8 Å². The molecule has 0 saturated carbocycles. The van der Waals surface area contributed by atoms with E-state index in [1.807, 2.05) is 36.4 Å². The molecule has 118 valence electrons. The number of hydrogen-bond acceptors (Lipinski definition) is 2. The molecule has 0 fully saturated rings. The van der Waals surface area contributed by atoms with Crippen molar-refractivity contribution in [2.75, 3.05) is 0 Å². The molecule has 3 aromatic carbocycles. The van der Waals surface area contributed by atoms with Gasteiger partial charge in [0.2, 0.25) is 11.6 Å². The van der Waals surface area contributed by atoms with Crippen molar-refractivity contribution in [2.24, 2.45) is 0 Å². The molecular formula is C22H18O2. The van der Waals surface area contributed by atoms with Gasteiger partial charge in [-0.3, -0.25) is 9.59 Å². The van der Waals surface area contributed by atoms with Crippen LogP contribution in [0.25, 0.3) is 0 Å². The molecule has 2 heteroatoms. The molecule has 0 saturated heterocycles. The monoisotopic (exact) mass is 314 g/mol. The maximum absolute atomic E-state index is 12.6. The van der Waals surface area contributed by atoms with E-state index < -0.39 is 11.6 Å². The van der Waals surface area contributed by atoms with Gasteiger partial charge in [-0.1, -0.05) is 84.9 Å². The smallest absolute Gasteiger partial charge is 0.233 e. The first-order valence-corrected chi connectivity index (χ1v) is 8.01. The molecule has 0 radical (unpaired) electrons. The van der Waals surface area contributed by atoms with Gasteiger partial charge in [-0.15, -0.1) is 0 Å². The van der Waals surface area contributed by atoms with Crippen LogP contribution in [0.15, 0.2) is 84.9 Å². The highest BCUT2D eigenvalue weighted by molar-refractivity contribution is 6.49. The van der Waals surface area contributed by atoms with Gasteiger partial charge >= 0.3 is 0 Å². The van der Waals surface area contributed by atoms with Crippen LogP contribution < -0.4 is 0 Å². The van der Waals surface area contributed by atoms with Gasteiger partial charge in [0.25, 0.3) is 0 Å². The van der Waals surface area contributed by atoms with Crippen LogP contribution in [0, 0.1) is 0 Å². The molecular weight excluding hydrogens is 296 g/mol. The first kappa shape index (κ1) is 15.9. The van der Waals surface area contributed by atoms with E-state index in [-0.39, 0.29) is 0 Å². The Morgan fingerprint density at radius 2 is 1.17 bits per heavy atom. The van der Waals surface area contributed by atoms with Crippen molar-refractivity contribution in [3.63, 3.8) is 0 Å². The summed E-state index contributed by atoms with van der Waals surface area (Å²) in [4.78, 5) is 25.0. The van der Waals surface area contributed by atoms with Crippen molar-refractivity contribution >= 4 is 11.6 Å². The summed E-state index contributed by atoms with van der Waals surface area (Å²) in [6, 6.07) is 26.2. The third-order valence-electron chi connectivity index (χ3n) is 4.03. The fourth-order valence-corrected chi connectivity index (χ4v) is 2.73. The maximum Gasteiger partial charge on any atom is 0.233 e. The van der Waals surface area contributed by atoms with Crippen LogP contribution in [-0.4, -0.2) is 11.6 Å². The molecule has 0 atom stereocenters. The van der Waals surface area contributed by atoms with E-state index in [4.69, 9.17) is 0 Å². The minimum Gasteiger partial charge on any atom is -0.285 e. The van der Waals surface area contributed by atoms with Crippen LogP contribution in [0.2, 0.25) is 0 Å². The number of ketones is 2. The van der Waals surface area contributed by atoms with Crippen LogP contribution in [0.3, 0.4) is 0 Å². The zero-order valence-electron chi connectivity index (χ0n) is 13.3. The molecule has 0 amide bonds. The van der Waals surface area contributed by atoms with Crippen molar-refractivity contribution in [1.29, 1.82) is 0 Å². The fraction of sp³-hybridized carbons (Fsp3) is 0.0909. The summed E-state index contributed by atoms with van der Waals surface area (Å²) in [5.74, 6) is -0.896. The molecule has 0 N–H and O–H groups in total. The van der Waals surface area contributed by atoms with Gasteiger partial charge in [-0.05, 0) is 24.0 Å². The lowest BCUT2D eigenvalue weighted by Gasteiger charge is -2.08. The molecule has 24 heavy (non-hydrogen) atoms. The topological polar surface area (TPSA) is 34.1 Å². The molecule has 3 aromatic rings. The van der Waals surface area contributed by atoms with E-state index in [1.165, 1.54) is 5.56 Å². The Labute approximate surface area is 141 Å². The Morgan fingerprint density at radius 3 is 1.88 bits per heavy atom.